The molecule has 1 heterocycles. The van der Waals surface area contributed by atoms with Gasteiger partial charge in [0.2, 0.25) is 65.0 Å². The predicted molar refractivity (Wildman–Crippen MR) is 337 cm³/mol. The second kappa shape index (κ2) is 38.3. The Hall–Kier alpha value is -8.23. The number of nitrogens with two attached hydrogens (primary N) is 4. The van der Waals surface area contributed by atoms with Crippen LogP contribution in [0, 0.1) is 5.92 Å². The van der Waals surface area contributed by atoms with E-state index < -0.39 is 156 Å². The summed E-state index contributed by atoms with van der Waals surface area (Å²) >= 11 is 2.65. The Kier molecular flexibility index (Phi) is 32.4. The number of aliphatic hydroxyl groups excluding tert-OH is 1. The van der Waals surface area contributed by atoms with Crippen molar-refractivity contribution in [3.8, 4) is 5.75 Å². The van der Waals surface area contributed by atoms with E-state index in [0.29, 0.717) is 11.3 Å². The lowest BCUT2D eigenvalue weighted by Crippen LogP contribution is -2.62. The van der Waals surface area contributed by atoms with Crippen LogP contribution in [0.2, 0.25) is 0 Å². The summed E-state index contributed by atoms with van der Waals surface area (Å²) in [5, 5.41) is 52.9. The fourth-order valence-corrected chi connectivity index (χ4v) is 10.2. The van der Waals surface area contributed by atoms with Crippen molar-refractivity contribution < 1.29 is 72.9 Å². The first-order chi connectivity index (χ1) is 42.5. The summed E-state index contributed by atoms with van der Waals surface area (Å²) in [4.78, 5) is 168. The number of carbonyl (C=O) groups excluding carboxylic acids is 11. The molecule has 3 rings (SSSR count). The Morgan fingerprint density at radius 2 is 1.09 bits per heavy atom. The maximum atomic E-state index is 14.4. The third-order valence-corrected chi connectivity index (χ3v) is 15.6. The second-order valence-corrected chi connectivity index (χ2v) is 24.1. The number of nitrogens with one attached hydrogen (secondary N) is 9. The number of hydrogen-bond acceptors (Lipinski definition) is 18. The van der Waals surface area contributed by atoms with Crippen molar-refractivity contribution in [2.75, 3.05) is 37.1 Å². The molecule has 12 atom stereocenters. The molecule has 0 spiro atoms. The number of aliphatic carboxylic acids is 1. The largest absolute Gasteiger partial charge is 0.508 e. The fourth-order valence-electron chi connectivity index (χ4n) is 9.29. The van der Waals surface area contributed by atoms with E-state index >= 15 is 0 Å². The number of carboxylic acids is 1. The van der Waals surface area contributed by atoms with E-state index in [1.807, 2.05) is 6.07 Å². The van der Waals surface area contributed by atoms with Crippen LogP contribution in [0.25, 0.3) is 0 Å². The van der Waals surface area contributed by atoms with E-state index in [1.54, 1.807) is 62.8 Å². The van der Waals surface area contributed by atoms with Gasteiger partial charge in [0.05, 0.1) is 18.6 Å². The monoisotopic (exact) mass is 1300 g/mol. The Bertz CT molecular complexity index is 2810. The number of phenolic OH excluding ortho intramolecular Hbond substituents is 1. The number of amides is 11. The van der Waals surface area contributed by atoms with Gasteiger partial charge in [-0.2, -0.15) is 23.5 Å². The number of nitrogens with zero attached hydrogens (tertiary/aromatic N) is 2. The number of phenols is 1. The van der Waals surface area contributed by atoms with E-state index in [9.17, 15) is 67.7 Å². The van der Waals surface area contributed by atoms with Crippen molar-refractivity contribution in [1.29, 1.82) is 0 Å². The van der Waals surface area contributed by atoms with Crippen LogP contribution in [0.4, 0.5) is 0 Å². The van der Waals surface area contributed by atoms with Crippen LogP contribution in [0.5, 0.6) is 5.75 Å². The van der Waals surface area contributed by atoms with E-state index in [-0.39, 0.29) is 81.9 Å². The molecular weight excluding hydrogens is 1210 g/mol. The Morgan fingerprint density at radius 1 is 0.589 bits per heavy atom. The molecule has 0 aliphatic carbocycles. The van der Waals surface area contributed by atoms with Crippen LogP contribution in [0.15, 0.2) is 59.6 Å². The SMILES string of the molecule is CSCC[C@H](NC(=O)[C@H](CCCN=C(N)N)NC(=O)[C@H](Cc1ccc(O)cc1)NC(=O)[C@@H](N)Cc1ccccc1)C(=O)N[C@H](C(=O)N[C@@H](CCSC)C(=O)N[C@H](C(=O)N[C@@H](CC(N)=O)C(=O)N1CCC[C@H]1C(=O)N[C@@H](C)C(=O)N[C@@H](C)C(=O)O)[C@@H](C)O)C(C)C. The number of primary amides is 1. The van der Waals surface area contributed by atoms with E-state index in [2.05, 4.69) is 52.8 Å². The molecule has 1 saturated heterocycles. The molecule has 2 aromatic rings. The Labute approximate surface area is 531 Å². The summed E-state index contributed by atoms with van der Waals surface area (Å²) in [6.07, 6.45) is 1.55. The molecule has 32 heteroatoms. The maximum absolute atomic E-state index is 14.4. The van der Waals surface area contributed by atoms with Crippen molar-refractivity contribution in [2.45, 2.75) is 165 Å². The minimum Gasteiger partial charge on any atom is -0.508 e. The van der Waals surface area contributed by atoms with Gasteiger partial charge in [-0.15, -0.1) is 0 Å². The van der Waals surface area contributed by atoms with Crippen molar-refractivity contribution in [2.24, 2.45) is 33.8 Å². The summed E-state index contributed by atoms with van der Waals surface area (Å²) in [6, 6.07) is -0.202. The molecule has 20 N–H and O–H groups in total. The van der Waals surface area contributed by atoms with Crippen molar-refractivity contribution in [1.82, 2.24) is 52.8 Å². The van der Waals surface area contributed by atoms with Crippen LogP contribution in [0.1, 0.15) is 90.7 Å². The molecule has 0 saturated carbocycles. The molecule has 0 aromatic heterocycles. The minimum absolute atomic E-state index is 0.0243. The molecule has 1 aliphatic rings. The highest BCUT2D eigenvalue weighted by Crippen LogP contribution is 2.21. The summed E-state index contributed by atoms with van der Waals surface area (Å²) in [5.74, 6) is -11.3. The highest BCUT2D eigenvalue weighted by molar-refractivity contribution is 7.98. The molecule has 498 valence electrons. The molecule has 2 aromatic carbocycles. The summed E-state index contributed by atoms with van der Waals surface area (Å²) in [5.41, 5.74) is 24.2. The van der Waals surface area contributed by atoms with Gasteiger partial charge in [0.25, 0.3) is 0 Å². The zero-order valence-electron chi connectivity index (χ0n) is 51.7. The molecule has 0 radical (unpaired) electrons. The van der Waals surface area contributed by atoms with Crippen LogP contribution >= 0.6 is 23.5 Å². The number of carboxylic acid groups (broad SMARTS) is 1. The standard InChI is InChI=1S/C58H89N15O15S2/c1-30(2)45(54(84)68-40(22-26-90-7)51(81)72-46(33(5)74)55(85)70-42(29-44(60)76)56(86)73-24-12-16-43(73)53(83)64-31(3)47(77)65-32(4)57(87)88)71-50(80)39(21-25-89-6)67-49(79)38(15-11-23-63-58(61)62)66-52(82)41(28-35-17-19-36(75)20-18-35)69-48(78)37(59)27-34-13-9-8-10-14-34/h8-10,13-14,17-20,30-33,37-43,45-46,74-75H,11-12,15-16,21-29,59H2,1-7H3,(H2,60,76)(H,64,83)(H,65,77)(H,66,82)(H,67,79)(H,68,84)(H,69,78)(H,70,85)(H,71,80)(H,72,81)(H,87,88)(H4,61,62,63)/t31-,32-,33+,37-,38-,39-,40-,41-,42-,43-,45-,46-/m0/s1. The van der Waals surface area contributed by atoms with Crippen LogP contribution in [-0.2, 0) is 70.4 Å². The number of thioether (sulfide) groups is 2. The van der Waals surface area contributed by atoms with Gasteiger partial charge >= 0.3 is 5.97 Å². The molecule has 0 bridgehead atoms. The number of benzene rings is 2. The summed E-state index contributed by atoms with van der Waals surface area (Å²) in [6.45, 7) is 6.92. The highest BCUT2D eigenvalue weighted by atomic mass is 32.2. The van der Waals surface area contributed by atoms with E-state index in [1.165, 1.54) is 49.5 Å². The number of carbonyl (C=O) groups is 12. The number of hydrogen-bond donors (Lipinski definition) is 16. The molecular formula is C58H89N15O15S2. The van der Waals surface area contributed by atoms with Gasteiger partial charge in [0.1, 0.15) is 66.2 Å². The average Bonchev–Trinajstić information content (AvgIpc) is 1.86. The first-order valence-electron chi connectivity index (χ1n) is 29.3. The zero-order chi connectivity index (χ0) is 67.4. The third kappa shape index (κ3) is 25.7. The number of guanidine groups is 1. The predicted octanol–water partition coefficient (Wildman–Crippen LogP) is -3.54. The normalized spacial score (nSPS) is 16.5. The fraction of sp³-hybridized carbons (Fsp3) is 0.569. The van der Waals surface area contributed by atoms with Crippen LogP contribution < -0.4 is 70.8 Å². The van der Waals surface area contributed by atoms with Crippen molar-refractivity contribution >= 4 is 100 Å². The van der Waals surface area contributed by atoms with Gasteiger partial charge in [-0.1, -0.05) is 56.3 Å². The molecule has 90 heavy (non-hydrogen) atoms. The van der Waals surface area contributed by atoms with Gasteiger partial charge in [-0.05, 0) is 119 Å². The molecule has 30 nitrogen and oxygen atoms in total. The lowest BCUT2D eigenvalue weighted by molar-refractivity contribution is -0.144. The van der Waals surface area contributed by atoms with Gasteiger partial charge in [-0.3, -0.25) is 62.5 Å². The minimum atomic E-state index is -1.83. The number of aliphatic hydroxyl groups is 1. The molecule has 11 amide bonds. The number of rotatable bonds is 38. The number of aromatic hydroxyl groups is 1. The number of likely N-dealkylation sites (tertiary alicyclic amines) is 1. The summed E-state index contributed by atoms with van der Waals surface area (Å²) < 4.78 is 0. The first-order valence-corrected chi connectivity index (χ1v) is 32.1. The third-order valence-electron chi connectivity index (χ3n) is 14.4. The maximum Gasteiger partial charge on any atom is 0.325 e. The number of aliphatic imine (C=N–C) groups is 1. The smallest absolute Gasteiger partial charge is 0.325 e. The van der Waals surface area contributed by atoms with Gasteiger partial charge in [0, 0.05) is 19.5 Å². The molecule has 0 unspecified atom stereocenters. The van der Waals surface area contributed by atoms with E-state index in [0.717, 1.165) is 17.4 Å². The highest BCUT2D eigenvalue weighted by Gasteiger charge is 2.41. The van der Waals surface area contributed by atoms with Crippen molar-refractivity contribution in [3.05, 3.63) is 65.7 Å². The molecule has 1 aliphatic heterocycles. The Balaban J connectivity index is 1.85. The zero-order valence-corrected chi connectivity index (χ0v) is 53.3. The van der Waals surface area contributed by atoms with Crippen molar-refractivity contribution in [3.63, 3.8) is 0 Å². The average molecular weight is 1300 g/mol. The van der Waals surface area contributed by atoms with Crippen LogP contribution in [0.3, 0.4) is 0 Å². The molecule has 1 fully saturated rings. The Morgan fingerprint density at radius 3 is 1.62 bits per heavy atom. The van der Waals surface area contributed by atoms with Gasteiger partial charge in [0.15, 0.2) is 5.96 Å². The first kappa shape index (κ1) is 76.0. The summed E-state index contributed by atoms with van der Waals surface area (Å²) in [7, 11) is 0. The van der Waals surface area contributed by atoms with Gasteiger partial charge < -0.3 is 91.0 Å². The van der Waals surface area contributed by atoms with Crippen LogP contribution in [-0.4, -0.2) is 207 Å². The lowest BCUT2D eigenvalue weighted by Gasteiger charge is -2.31. The lowest BCUT2D eigenvalue weighted by atomic mass is 10.0. The second-order valence-electron chi connectivity index (χ2n) is 22.1. The van der Waals surface area contributed by atoms with Gasteiger partial charge in [-0.25, -0.2) is 0 Å². The topological polar surface area (TPSA) is 493 Å². The van der Waals surface area contributed by atoms with E-state index in [4.69, 9.17) is 28.0 Å². The quantitative estimate of drug-likeness (QED) is 0.0176.